The van der Waals surface area contributed by atoms with E-state index < -0.39 is 0 Å². The highest BCUT2D eigenvalue weighted by molar-refractivity contribution is 5.45. The first-order valence-corrected chi connectivity index (χ1v) is 4.56. The van der Waals surface area contributed by atoms with E-state index in [1.54, 1.807) is 6.20 Å². The van der Waals surface area contributed by atoms with Gasteiger partial charge in [-0.2, -0.15) is 0 Å². The van der Waals surface area contributed by atoms with Gasteiger partial charge in [-0.25, -0.2) is 4.98 Å². The second-order valence-corrected chi connectivity index (χ2v) is 2.93. The predicted octanol–water partition coefficient (Wildman–Crippen LogP) is 0.799. The van der Waals surface area contributed by atoms with Crippen molar-refractivity contribution in [1.82, 2.24) is 14.9 Å². The van der Waals surface area contributed by atoms with E-state index in [0.29, 0.717) is 0 Å². The molecule has 0 aliphatic carbocycles. The Hall–Kier alpha value is -1.32. The van der Waals surface area contributed by atoms with E-state index in [1.807, 2.05) is 12.5 Å². The number of unbranched alkanes of at least 4 members (excludes halogenated alkanes) is 2. The Bertz CT molecular complexity index is 221. The van der Waals surface area contributed by atoms with Crippen molar-refractivity contribution in [3.63, 3.8) is 0 Å². The Balaban J connectivity index is 1.93. The summed E-state index contributed by atoms with van der Waals surface area (Å²) >= 11 is 0. The number of carbonyl (C=O) groups excluding carboxylic acids is 1. The topological polar surface area (TPSA) is 46.9 Å². The molecule has 0 unspecified atom stereocenters. The fourth-order valence-electron chi connectivity index (χ4n) is 1.18. The first-order chi connectivity index (χ1) is 6.43. The molecule has 0 saturated carbocycles. The zero-order chi connectivity index (χ0) is 9.36. The van der Waals surface area contributed by atoms with Gasteiger partial charge in [0.05, 0.1) is 6.33 Å². The Kier molecular flexibility index (Phi) is 4.68. The molecule has 0 aliphatic heterocycles. The Morgan fingerprint density at radius 2 is 2.31 bits per heavy atom. The lowest BCUT2D eigenvalue weighted by atomic mass is 10.2. The summed E-state index contributed by atoms with van der Waals surface area (Å²) in [4.78, 5) is 13.9. The van der Waals surface area contributed by atoms with Crippen molar-refractivity contribution in [2.45, 2.75) is 25.8 Å². The minimum Gasteiger partial charge on any atom is -0.359 e. The largest absolute Gasteiger partial charge is 0.359 e. The number of amides is 1. The zero-order valence-corrected chi connectivity index (χ0v) is 7.65. The van der Waals surface area contributed by atoms with Crippen LogP contribution in [0.1, 0.15) is 19.3 Å². The molecule has 0 atom stereocenters. The van der Waals surface area contributed by atoms with Crippen molar-refractivity contribution in [2.75, 3.05) is 6.54 Å². The number of hydrogen-bond donors (Lipinski definition) is 1. The van der Waals surface area contributed by atoms with E-state index in [-0.39, 0.29) is 0 Å². The van der Waals surface area contributed by atoms with Gasteiger partial charge in [0.2, 0.25) is 6.41 Å². The third-order valence-electron chi connectivity index (χ3n) is 1.88. The van der Waals surface area contributed by atoms with Gasteiger partial charge in [0.1, 0.15) is 0 Å². The minimum atomic E-state index is 0.746. The van der Waals surface area contributed by atoms with Gasteiger partial charge in [0, 0.05) is 25.5 Å². The Morgan fingerprint density at radius 1 is 1.38 bits per heavy atom. The van der Waals surface area contributed by atoms with Gasteiger partial charge in [-0.05, 0) is 19.3 Å². The third kappa shape index (κ3) is 4.30. The van der Waals surface area contributed by atoms with Crippen LogP contribution in [0.3, 0.4) is 0 Å². The molecule has 0 aromatic carbocycles. The Labute approximate surface area is 78.0 Å². The molecular formula is C9H15N3O. The predicted molar refractivity (Wildman–Crippen MR) is 50.1 cm³/mol. The van der Waals surface area contributed by atoms with Crippen LogP contribution in [0.4, 0.5) is 0 Å². The van der Waals surface area contributed by atoms with E-state index in [1.165, 1.54) is 0 Å². The lowest BCUT2D eigenvalue weighted by molar-refractivity contribution is -0.109. The van der Waals surface area contributed by atoms with E-state index in [4.69, 9.17) is 0 Å². The van der Waals surface area contributed by atoms with E-state index in [0.717, 1.165) is 38.8 Å². The molecule has 4 heteroatoms. The molecule has 0 saturated heterocycles. The lowest BCUT2D eigenvalue weighted by Crippen LogP contribution is -2.11. The van der Waals surface area contributed by atoms with Crippen LogP contribution in [-0.4, -0.2) is 22.5 Å². The zero-order valence-electron chi connectivity index (χ0n) is 7.65. The molecule has 1 heterocycles. The summed E-state index contributed by atoms with van der Waals surface area (Å²) in [6, 6.07) is 0. The molecular weight excluding hydrogens is 166 g/mol. The van der Waals surface area contributed by atoms with Gasteiger partial charge in [-0.1, -0.05) is 0 Å². The summed E-state index contributed by atoms with van der Waals surface area (Å²) in [7, 11) is 0. The maximum absolute atomic E-state index is 9.90. The van der Waals surface area contributed by atoms with Crippen LogP contribution in [-0.2, 0) is 11.3 Å². The number of nitrogens with one attached hydrogen (secondary N) is 1. The highest BCUT2D eigenvalue weighted by atomic mass is 16.1. The van der Waals surface area contributed by atoms with Gasteiger partial charge < -0.3 is 9.88 Å². The van der Waals surface area contributed by atoms with Gasteiger partial charge >= 0.3 is 0 Å². The molecule has 1 amide bonds. The van der Waals surface area contributed by atoms with Gasteiger partial charge in [-0.3, -0.25) is 4.79 Å². The molecule has 0 spiro atoms. The fourth-order valence-corrected chi connectivity index (χ4v) is 1.18. The van der Waals surface area contributed by atoms with Crippen LogP contribution in [0, 0.1) is 0 Å². The van der Waals surface area contributed by atoms with Crippen molar-refractivity contribution in [2.24, 2.45) is 0 Å². The number of aromatic nitrogens is 2. The monoisotopic (exact) mass is 181 g/mol. The molecule has 0 fully saturated rings. The molecule has 0 bridgehead atoms. The number of aryl methyl sites for hydroxylation is 1. The average molecular weight is 181 g/mol. The highest BCUT2D eigenvalue weighted by Crippen LogP contribution is 1.97. The van der Waals surface area contributed by atoms with Gasteiger partial charge in [0.15, 0.2) is 0 Å². The standard InChI is InChI=1S/C9H15N3O/c13-9-11-4-2-1-3-6-12-7-5-10-8-12/h5,7-9H,1-4,6H2,(H,11,13). The molecule has 0 radical (unpaired) electrons. The van der Waals surface area contributed by atoms with Crippen molar-refractivity contribution in [1.29, 1.82) is 0 Å². The van der Waals surface area contributed by atoms with Crippen LogP contribution in [0.25, 0.3) is 0 Å². The number of carbonyl (C=O) groups is 1. The summed E-state index contributed by atoms with van der Waals surface area (Å²) in [6.45, 7) is 1.80. The molecule has 1 N–H and O–H groups in total. The summed E-state index contributed by atoms with van der Waals surface area (Å²) < 4.78 is 2.06. The number of hydrogen-bond acceptors (Lipinski definition) is 2. The quantitative estimate of drug-likeness (QED) is 0.499. The minimum absolute atomic E-state index is 0.746. The molecule has 1 rings (SSSR count). The van der Waals surface area contributed by atoms with Crippen LogP contribution < -0.4 is 5.32 Å². The second-order valence-electron chi connectivity index (χ2n) is 2.93. The maximum atomic E-state index is 9.90. The van der Waals surface area contributed by atoms with Crippen molar-refractivity contribution in [3.8, 4) is 0 Å². The summed E-state index contributed by atoms with van der Waals surface area (Å²) in [5, 5.41) is 2.64. The van der Waals surface area contributed by atoms with Crippen molar-refractivity contribution >= 4 is 6.41 Å². The normalized spacial score (nSPS) is 9.85. The molecule has 13 heavy (non-hydrogen) atoms. The number of nitrogens with zero attached hydrogens (tertiary/aromatic N) is 2. The Morgan fingerprint density at radius 3 is 3.00 bits per heavy atom. The molecule has 72 valence electrons. The molecule has 4 nitrogen and oxygen atoms in total. The third-order valence-corrected chi connectivity index (χ3v) is 1.88. The van der Waals surface area contributed by atoms with Crippen LogP contribution in [0.2, 0.25) is 0 Å². The van der Waals surface area contributed by atoms with Crippen molar-refractivity contribution < 1.29 is 4.79 Å². The summed E-state index contributed by atoms with van der Waals surface area (Å²) in [5.74, 6) is 0. The fraction of sp³-hybridized carbons (Fsp3) is 0.556. The average Bonchev–Trinajstić information content (AvgIpc) is 2.63. The summed E-state index contributed by atoms with van der Waals surface area (Å²) in [5.41, 5.74) is 0. The first-order valence-electron chi connectivity index (χ1n) is 4.56. The highest BCUT2D eigenvalue weighted by Gasteiger charge is 1.90. The van der Waals surface area contributed by atoms with E-state index in [2.05, 4.69) is 14.9 Å². The SMILES string of the molecule is O=CNCCCCCn1ccnc1. The van der Waals surface area contributed by atoms with Crippen molar-refractivity contribution in [3.05, 3.63) is 18.7 Å². The van der Waals surface area contributed by atoms with Crippen LogP contribution in [0.5, 0.6) is 0 Å². The van der Waals surface area contributed by atoms with E-state index in [9.17, 15) is 4.79 Å². The second kappa shape index (κ2) is 6.22. The smallest absolute Gasteiger partial charge is 0.207 e. The summed E-state index contributed by atoms with van der Waals surface area (Å²) in [6.07, 6.45) is 9.64. The molecule has 1 aromatic heterocycles. The molecule has 1 aromatic rings. The lowest BCUT2D eigenvalue weighted by Gasteiger charge is -2.01. The van der Waals surface area contributed by atoms with Crippen LogP contribution >= 0.6 is 0 Å². The molecule has 0 aliphatic rings. The van der Waals surface area contributed by atoms with Crippen LogP contribution in [0.15, 0.2) is 18.7 Å². The maximum Gasteiger partial charge on any atom is 0.207 e. The van der Waals surface area contributed by atoms with Gasteiger partial charge in [-0.15, -0.1) is 0 Å². The number of imidazole rings is 1. The van der Waals surface area contributed by atoms with E-state index >= 15 is 0 Å². The first kappa shape index (κ1) is 9.77. The number of rotatable bonds is 7. The van der Waals surface area contributed by atoms with Gasteiger partial charge in [0.25, 0.3) is 0 Å².